The highest BCUT2D eigenvalue weighted by Gasteiger charge is 2.26. The molecule has 2 atom stereocenters. The topological polar surface area (TPSA) is 98.4 Å². The molecule has 0 bridgehead atoms. The molecule has 0 saturated carbocycles. The van der Waals surface area contributed by atoms with E-state index in [1.165, 1.54) is 0 Å². The van der Waals surface area contributed by atoms with Gasteiger partial charge in [-0.05, 0) is 43.7 Å². The Morgan fingerprint density at radius 2 is 1.72 bits per heavy atom. The van der Waals surface area contributed by atoms with Crippen LogP contribution in [-0.2, 0) is 11.3 Å². The number of aliphatic imine (C=N–C) groups is 1. The lowest BCUT2D eigenvalue weighted by Crippen LogP contribution is -2.48. The molecule has 3 N–H and O–H groups in total. The zero-order valence-electron chi connectivity index (χ0n) is 18.8. The number of guanidine groups is 1. The summed E-state index contributed by atoms with van der Waals surface area (Å²) < 4.78 is 16.2. The molecule has 1 heterocycles. The first-order chi connectivity index (χ1) is 14.9. The van der Waals surface area contributed by atoms with Crippen LogP contribution < -0.4 is 20.5 Å². The fourth-order valence-corrected chi connectivity index (χ4v) is 3.56. The predicted molar refractivity (Wildman–Crippen MR) is 136 cm³/mol. The van der Waals surface area contributed by atoms with Crippen molar-refractivity contribution in [3.63, 3.8) is 0 Å². The summed E-state index contributed by atoms with van der Waals surface area (Å²) in [7, 11) is 3.16. The van der Waals surface area contributed by atoms with Gasteiger partial charge >= 0.3 is 0 Å². The van der Waals surface area contributed by atoms with E-state index in [1.54, 1.807) is 26.4 Å². The van der Waals surface area contributed by atoms with Gasteiger partial charge < -0.3 is 30.2 Å². The van der Waals surface area contributed by atoms with Gasteiger partial charge in [0, 0.05) is 30.4 Å². The minimum Gasteiger partial charge on any atom is -0.493 e. The monoisotopic (exact) mass is 554 g/mol. The summed E-state index contributed by atoms with van der Waals surface area (Å²) in [6.45, 7) is 5.57. The van der Waals surface area contributed by atoms with Crippen molar-refractivity contribution in [2.45, 2.75) is 32.6 Å². The zero-order valence-corrected chi connectivity index (χ0v) is 21.2. The molecule has 3 rings (SSSR count). The lowest BCUT2D eigenvalue weighted by molar-refractivity contribution is -0.0586. The Kier molecular flexibility index (Phi) is 9.58. The molecule has 1 aliphatic rings. The number of benzene rings is 2. The molecular weight excluding hydrogens is 523 g/mol. The predicted octanol–water partition coefficient (Wildman–Crippen LogP) is 3.50. The van der Waals surface area contributed by atoms with Crippen molar-refractivity contribution in [2.24, 2.45) is 10.7 Å². The first-order valence-corrected chi connectivity index (χ1v) is 10.2. The number of nitrogens with one attached hydrogen (secondary N) is 1. The fraction of sp³-hybridized carbons (Fsp3) is 0.391. The summed E-state index contributed by atoms with van der Waals surface area (Å²) >= 11 is 0. The number of nitrogens with two attached hydrogens (primary N) is 1. The van der Waals surface area contributed by atoms with Crippen LogP contribution in [0.1, 0.15) is 29.8 Å². The third kappa shape index (κ3) is 6.73. The number of ether oxygens (including phenoxy) is 3. The summed E-state index contributed by atoms with van der Waals surface area (Å²) in [5, 5.41) is 3.04. The number of rotatable bonds is 6. The summed E-state index contributed by atoms with van der Waals surface area (Å²) in [5.74, 6) is 1.54. The molecule has 2 aromatic carbocycles. The molecule has 0 aromatic heterocycles. The van der Waals surface area contributed by atoms with Gasteiger partial charge in [0.25, 0.3) is 5.91 Å². The van der Waals surface area contributed by atoms with Gasteiger partial charge in [-0.3, -0.25) is 4.79 Å². The van der Waals surface area contributed by atoms with Gasteiger partial charge in [-0.2, -0.15) is 0 Å². The maximum Gasteiger partial charge on any atom is 0.254 e. The molecule has 1 saturated heterocycles. The molecule has 1 aliphatic heterocycles. The van der Waals surface area contributed by atoms with Crippen molar-refractivity contribution >= 4 is 41.5 Å². The third-order valence-electron chi connectivity index (χ3n) is 5.00. The first kappa shape index (κ1) is 25.7. The molecular formula is C23H31IN4O4. The Balaban J connectivity index is 0.00000363. The van der Waals surface area contributed by atoms with Crippen molar-refractivity contribution in [1.29, 1.82) is 0 Å². The molecule has 0 radical (unpaired) electrons. The van der Waals surface area contributed by atoms with E-state index < -0.39 is 0 Å². The second-order valence-corrected chi connectivity index (χ2v) is 7.56. The molecule has 2 unspecified atom stereocenters. The Bertz CT molecular complexity index is 926. The lowest BCUT2D eigenvalue weighted by Gasteiger charge is -2.35. The molecule has 8 nitrogen and oxygen atoms in total. The SMILES string of the molecule is COc1ccc(NC(N)=NCc2ccc(C(=O)N3CC(C)OC(C)C3)cc2)cc1OC.I. The second kappa shape index (κ2) is 11.9. The first-order valence-electron chi connectivity index (χ1n) is 10.2. The smallest absolute Gasteiger partial charge is 0.254 e. The van der Waals surface area contributed by atoms with Gasteiger partial charge in [0.1, 0.15) is 0 Å². The van der Waals surface area contributed by atoms with E-state index in [0.29, 0.717) is 36.7 Å². The summed E-state index contributed by atoms with van der Waals surface area (Å²) in [6, 6.07) is 12.9. The average Bonchev–Trinajstić information content (AvgIpc) is 2.76. The van der Waals surface area contributed by atoms with Crippen LogP contribution in [0.3, 0.4) is 0 Å². The van der Waals surface area contributed by atoms with Crippen molar-refractivity contribution < 1.29 is 19.0 Å². The number of hydrogen-bond acceptors (Lipinski definition) is 5. The lowest BCUT2D eigenvalue weighted by atomic mass is 10.1. The van der Waals surface area contributed by atoms with E-state index in [-0.39, 0.29) is 48.1 Å². The molecule has 1 fully saturated rings. The fourth-order valence-electron chi connectivity index (χ4n) is 3.56. The van der Waals surface area contributed by atoms with E-state index in [1.807, 2.05) is 49.1 Å². The van der Waals surface area contributed by atoms with Crippen LogP contribution in [0.4, 0.5) is 5.69 Å². The van der Waals surface area contributed by atoms with Crippen LogP contribution in [0.25, 0.3) is 0 Å². The largest absolute Gasteiger partial charge is 0.493 e. The highest BCUT2D eigenvalue weighted by molar-refractivity contribution is 14.0. The van der Waals surface area contributed by atoms with Gasteiger partial charge in [0.2, 0.25) is 0 Å². The van der Waals surface area contributed by atoms with Crippen LogP contribution in [-0.4, -0.2) is 56.3 Å². The van der Waals surface area contributed by atoms with Crippen LogP contribution in [0, 0.1) is 0 Å². The van der Waals surface area contributed by atoms with Crippen LogP contribution in [0.5, 0.6) is 11.5 Å². The Morgan fingerprint density at radius 1 is 1.09 bits per heavy atom. The summed E-state index contributed by atoms with van der Waals surface area (Å²) in [5.41, 5.74) is 8.37. The molecule has 174 valence electrons. The number of halogens is 1. The number of anilines is 1. The number of carbonyl (C=O) groups excluding carboxylic acids is 1. The van der Waals surface area contributed by atoms with E-state index in [2.05, 4.69) is 10.3 Å². The summed E-state index contributed by atoms with van der Waals surface area (Å²) in [6.07, 6.45) is 0.0879. The zero-order chi connectivity index (χ0) is 22.4. The molecule has 1 amide bonds. The second-order valence-electron chi connectivity index (χ2n) is 7.56. The van der Waals surface area contributed by atoms with E-state index in [9.17, 15) is 4.79 Å². The number of morpholine rings is 1. The molecule has 0 spiro atoms. The minimum absolute atomic E-state index is 0. The number of hydrogen-bond donors (Lipinski definition) is 2. The minimum atomic E-state index is 0. The Labute approximate surface area is 206 Å². The molecule has 32 heavy (non-hydrogen) atoms. The quantitative estimate of drug-likeness (QED) is 0.323. The Morgan fingerprint density at radius 3 is 2.31 bits per heavy atom. The van der Waals surface area contributed by atoms with E-state index >= 15 is 0 Å². The average molecular weight is 554 g/mol. The van der Waals surface area contributed by atoms with Crippen LogP contribution in [0.15, 0.2) is 47.5 Å². The maximum atomic E-state index is 12.8. The molecule has 9 heteroatoms. The highest BCUT2D eigenvalue weighted by atomic mass is 127. The van der Waals surface area contributed by atoms with Gasteiger partial charge in [0.15, 0.2) is 17.5 Å². The van der Waals surface area contributed by atoms with Crippen molar-refractivity contribution in [2.75, 3.05) is 32.6 Å². The van der Waals surface area contributed by atoms with Gasteiger partial charge in [0.05, 0.1) is 33.0 Å². The summed E-state index contributed by atoms with van der Waals surface area (Å²) in [4.78, 5) is 19.0. The van der Waals surface area contributed by atoms with Crippen molar-refractivity contribution in [3.8, 4) is 11.5 Å². The molecule has 0 aliphatic carbocycles. The van der Waals surface area contributed by atoms with E-state index in [4.69, 9.17) is 19.9 Å². The number of carbonyl (C=O) groups is 1. The normalized spacial score (nSPS) is 18.5. The van der Waals surface area contributed by atoms with Gasteiger partial charge in [-0.15, -0.1) is 24.0 Å². The standard InChI is InChI=1S/C23H30N4O4.HI/c1-15-13-27(14-16(2)31-15)22(28)18-7-5-17(6-8-18)12-25-23(24)26-19-9-10-20(29-3)21(11-19)30-4;/h5-11,15-16H,12-14H2,1-4H3,(H3,24,25,26);1H. The van der Waals surface area contributed by atoms with Crippen molar-refractivity contribution in [3.05, 3.63) is 53.6 Å². The number of methoxy groups -OCH3 is 2. The number of amides is 1. The van der Waals surface area contributed by atoms with Crippen molar-refractivity contribution in [1.82, 2.24) is 4.90 Å². The van der Waals surface area contributed by atoms with Gasteiger partial charge in [-0.25, -0.2) is 4.99 Å². The third-order valence-corrected chi connectivity index (χ3v) is 5.00. The number of nitrogens with zero attached hydrogens (tertiary/aromatic N) is 2. The highest BCUT2D eigenvalue weighted by Crippen LogP contribution is 2.29. The van der Waals surface area contributed by atoms with Crippen LogP contribution in [0.2, 0.25) is 0 Å². The van der Waals surface area contributed by atoms with Crippen LogP contribution >= 0.6 is 24.0 Å². The Hall–Kier alpha value is -2.53. The van der Waals surface area contributed by atoms with E-state index in [0.717, 1.165) is 11.3 Å². The maximum absolute atomic E-state index is 12.8. The van der Waals surface area contributed by atoms with Gasteiger partial charge in [-0.1, -0.05) is 12.1 Å². The molecule has 2 aromatic rings.